The van der Waals surface area contributed by atoms with E-state index in [1.807, 2.05) is 45.9 Å². The maximum Gasteiger partial charge on any atom is 0.243 e. The molecule has 1 amide bonds. The first-order chi connectivity index (χ1) is 12.0. The highest BCUT2D eigenvalue weighted by atomic mass is 16.5. The number of benzene rings is 2. The Morgan fingerprint density at radius 3 is 2.28 bits per heavy atom. The third-order valence-corrected chi connectivity index (χ3v) is 3.51. The van der Waals surface area contributed by atoms with Crippen molar-refractivity contribution < 1.29 is 14.3 Å². The van der Waals surface area contributed by atoms with Crippen molar-refractivity contribution in [3.63, 3.8) is 0 Å². The normalized spacial score (nSPS) is 10.2. The van der Waals surface area contributed by atoms with Gasteiger partial charge in [0.15, 0.2) is 0 Å². The van der Waals surface area contributed by atoms with E-state index in [9.17, 15) is 4.79 Å². The van der Waals surface area contributed by atoms with Gasteiger partial charge in [0.05, 0.1) is 25.4 Å². The van der Waals surface area contributed by atoms with Crippen molar-refractivity contribution in [2.75, 3.05) is 30.4 Å². The molecule has 134 valence electrons. The molecule has 2 aromatic carbocycles. The lowest BCUT2D eigenvalue weighted by atomic mass is 10.1. The topological polar surface area (TPSA) is 59.6 Å². The molecule has 2 N–H and O–H groups in total. The van der Waals surface area contributed by atoms with E-state index in [2.05, 4.69) is 16.7 Å². The predicted octanol–water partition coefficient (Wildman–Crippen LogP) is 4.15. The van der Waals surface area contributed by atoms with Crippen LogP contribution >= 0.6 is 0 Å². The molecule has 5 nitrogen and oxygen atoms in total. The van der Waals surface area contributed by atoms with Gasteiger partial charge in [0, 0.05) is 11.8 Å². The molecular weight excluding hydrogens is 316 g/mol. The van der Waals surface area contributed by atoms with Gasteiger partial charge in [-0.25, -0.2) is 0 Å². The van der Waals surface area contributed by atoms with Crippen LogP contribution in [0, 0.1) is 13.8 Å². The van der Waals surface area contributed by atoms with E-state index in [0.29, 0.717) is 30.4 Å². The number of carbonyl (C=O) groups excluding carboxylic acids is 1. The second-order valence-electron chi connectivity index (χ2n) is 5.80. The fourth-order valence-corrected chi connectivity index (χ4v) is 2.60. The van der Waals surface area contributed by atoms with Crippen LogP contribution in [0.3, 0.4) is 0 Å². The second-order valence-corrected chi connectivity index (χ2v) is 5.80. The highest BCUT2D eigenvalue weighted by Crippen LogP contribution is 2.29. The number of amides is 1. The number of hydrogen-bond acceptors (Lipinski definition) is 4. The summed E-state index contributed by atoms with van der Waals surface area (Å²) in [5.74, 6) is 1.18. The molecule has 0 aliphatic carbocycles. The Labute approximate surface area is 149 Å². The molecule has 0 aliphatic heterocycles. The molecule has 0 unspecified atom stereocenters. The number of nitrogens with one attached hydrogen (secondary N) is 2. The first-order valence-electron chi connectivity index (χ1n) is 8.53. The van der Waals surface area contributed by atoms with Crippen molar-refractivity contribution in [2.24, 2.45) is 0 Å². The first kappa shape index (κ1) is 18.6. The van der Waals surface area contributed by atoms with Crippen molar-refractivity contribution in [1.82, 2.24) is 0 Å². The molecule has 2 aromatic rings. The minimum Gasteiger partial charge on any atom is -0.494 e. The Bertz CT molecular complexity index is 709. The molecule has 2 rings (SSSR count). The van der Waals surface area contributed by atoms with Gasteiger partial charge in [-0.05, 0) is 63.1 Å². The third-order valence-electron chi connectivity index (χ3n) is 3.51. The molecule has 0 aliphatic rings. The van der Waals surface area contributed by atoms with E-state index in [1.54, 1.807) is 12.1 Å². The van der Waals surface area contributed by atoms with Crippen molar-refractivity contribution in [3.05, 3.63) is 47.5 Å². The molecule has 0 fully saturated rings. The lowest BCUT2D eigenvalue weighted by molar-refractivity contribution is -0.114. The molecule has 0 saturated heterocycles. The number of aryl methyl sites for hydroxylation is 2. The lowest BCUT2D eigenvalue weighted by Gasteiger charge is -2.14. The average Bonchev–Trinajstić information content (AvgIpc) is 2.55. The summed E-state index contributed by atoms with van der Waals surface area (Å²) in [7, 11) is 0. The summed E-state index contributed by atoms with van der Waals surface area (Å²) >= 11 is 0. The Balaban J connectivity index is 2.04. The summed E-state index contributed by atoms with van der Waals surface area (Å²) in [5.41, 5.74) is 3.86. The van der Waals surface area contributed by atoms with Gasteiger partial charge in [-0.3, -0.25) is 4.79 Å². The van der Waals surface area contributed by atoms with Crippen LogP contribution in [0.25, 0.3) is 0 Å². The van der Waals surface area contributed by atoms with Crippen LogP contribution in [0.1, 0.15) is 25.0 Å². The van der Waals surface area contributed by atoms with Crippen LogP contribution in [0.2, 0.25) is 0 Å². The van der Waals surface area contributed by atoms with Crippen molar-refractivity contribution >= 4 is 17.3 Å². The zero-order chi connectivity index (χ0) is 18.2. The van der Waals surface area contributed by atoms with Crippen LogP contribution in [0.15, 0.2) is 36.4 Å². The monoisotopic (exact) mass is 342 g/mol. The molecule has 0 bridgehead atoms. The first-order valence-corrected chi connectivity index (χ1v) is 8.53. The standard InChI is InChI=1S/C20H26N2O3/c1-5-24-17-7-8-19(25-6-2)18(12-17)22-20(23)13-21-16-10-14(3)9-15(4)11-16/h7-12,21H,5-6,13H2,1-4H3,(H,22,23). The number of ether oxygens (including phenoxy) is 2. The quantitative estimate of drug-likeness (QED) is 0.756. The van der Waals surface area contributed by atoms with Crippen molar-refractivity contribution in [3.8, 4) is 11.5 Å². The van der Waals surface area contributed by atoms with Gasteiger partial charge in [0.1, 0.15) is 11.5 Å². The minimum atomic E-state index is -0.145. The number of hydrogen-bond donors (Lipinski definition) is 2. The zero-order valence-electron chi connectivity index (χ0n) is 15.3. The Morgan fingerprint density at radius 2 is 1.64 bits per heavy atom. The minimum absolute atomic E-state index is 0.145. The smallest absolute Gasteiger partial charge is 0.243 e. The molecule has 0 aromatic heterocycles. The largest absolute Gasteiger partial charge is 0.494 e. The summed E-state index contributed by atoms with van der Waals surface area (Å²) in [5, 5.41) is 6.04. The van der Waals surface area contributed by atoms with Gasteiger partial charge in [0.25, 0.3) is 0 Å². The van der Waals surface area contributed by atoms with Crippen LogP contribution in [-0.4, -0.2) is 25.7 Å². The molecule has 25 heavy (non-hydrogen) atoms. The number of rotatable bonds is 8. The van der Waals surface area contributed by atoms with Crippen LogP contribution in [0.4, 0.5) is 11.4 Å². The van der Waals surface area contributed by atoms with Gasteiger partial charge in [0.2, 0.25) is 5.91 Å². The number of carbonyl (C=O) groups is 1. The summed E-state index contributed by atoms with van der Waals surface area (Å²) in [4.78, 5) is 12.3. The molecule has 0 spiro atoms. The van der Waals surface area contributed by atoms with E-state index >= 15 is 0 Å². The van der Waals surface area contributed by atoms with Gasteiger partial charge >= 0.3 is 0 Å². The van der Waals surface area contributed by atoms with Gasteiger partial charge in [-0.2, -0.15) is 0 Å². The maximum atomic E-state index is 12.3. The second kappa shape index (κ2) is 8.97. The van der Waals surface area contributed by atoms with Crippen LogP contribution < -0.4 is 20.1 Å². The van der Waals surface area contributed by atoms with E-state index < -0.39 is 0 Å². The third kappa shape index (κ3) is 5.71. The van der Waals surface area contributed by atoms with E-state index in [0.717, 1.165) is 16.8 Å². The predicted molar refractivity (Wildman–Crippen MR) is 102 cm³/mol. The maximum absolute atomic E-state index is 12.3. The average molecular weight is 342 g/mol. The van der Waals surface area contributed by atoms with Gasteiger partial charge in [-0.15, -0.1) is 0 Å². The molecular formula is C20H26N2O3. The molecule has 0 saturated carbocycles. The molecule has 0 atom stereocenters. The van der Waals surface area contributed by atoms with Gasteiger partial charge in [-0.1, -0.05) is 6.07 Å². The fourth-order valence-electron chi connectivity index (χ4n) is 2.60. The van der Waals surface area contributed by atoms with Crippen molar-refractivity contribution in [2.45, 2.75) is 27.7 Å². The summed E-state index contributed by atoms with van der Waals surface area (Å²) in [6, 6.07) is 11.5. The van der Waals surface area contributed by atoms with Crippen LogP contribution in [-0.2, 0) is 4.79 Å². The fraction of sp³-hybridized carbons (Fsp3) is 0.350. The van der Waals surface area contributed by atoms with Crippen LogP contribution in [0.5, 0.6) is 11.5 Å². The zero-order valence-corrected chi connectivity index (χ0v) is 15.3. The molecule has 0 radical (unpaired) electrons. The molecule has 5 heteroatoms. The SMILES string of the molecule is CCOc1ccc(OCC)c(NC(=O)CNc2cc(C)cc(C)c2)c1. The van der Waals surface area contributed by atoms with E-state index in [-0.39, 0.29) is 12.5 Å². The van der Waals surface area contributed by atoms with Gasteiger partial charge < -0.3 is 20.1 Å². The van der Waals surface area contributed by atoms with Crippen molar-refractivity contribution in [1.29, 1.82) is 0 Å². The Hall–Kier alpha value is -2.69. The Kier molecular flexibility index (Phi) is 6.69. The highest BCUT2D eigenvalue weighted by Gasteiger charge is 2.10. The molecule has 0 heterocycles. The summed E-state index contributed by atoms with van der Waals surface area (Å²) in [6.45, 7) is 9.16. The van der Waals surface area contributed by atoms with E-state index in [1.165, 1.54) is 0 Å². The lowest BCUT2D eigenvalue weighted by Crippen LogP contribution is -2.22. The summed E-state index contributed by atoms with van der Waals surface area (Å²) < 4.78 is 11.1. The number of anilines is 2. The summed E-state index contributed by atoms with van der Waals surface area (Å²) in [6.07, 6.45) is 0. The highest BCUT2D eigenvalue weighted by molar-refractivity contribution is 5.95. The van der Waals surface area contributed by atoms with E-state index in [4.69, 9.17) is 9.47 Å². The Morgan fingerprint density at radius 1 is 0.960 bits per heavy atom.